The molecule has 0 bridgehead atoms. The van der Waals surface area contributed by atoms with Gasteiger partial charge in [0.1, 0.15) is 16.9 Å². The average Bonchev–Trinajstić information content (AvgIpc) is 3.77. The van der Waals surface area contributed by atoms with E-state index in [-0.39, 0.29) is 11.7 Å². The maximum Gasteiger partial charge on any atom is 0.218 e. The van der Waals surface area contributed by atoms with Crippen LogP contribution in [0.2, 0.25) is 0 Å². The Labute approximate surface area is 331 Å². The summed E-state index contributed by atoms with van der Waals surface area (Å²) < 4.78 is 31.0. The monoisotopic (exact) mass is 764 g/mol. The number of nitrogens with two attached hydrogens (primary N) is 1. The molecule has 1 aromatic heterocycles. The summed E-state index contributed by atoms with van der Waals surface area (Å²) >= 11 is 0. The minimum Gasteiger partial charge on any atom is -0.456 e. The number of hydrogen-bond donors (Lipinski definition) is 2. The number of rotatable bonds is 15. The second kappa shape index (κ2) is 19.2. The van der Waals surface area contributed by atoms with E-state index in [0.717, 1.165) is 95.2 Å². The molecule has 300 valence electrons. The fourth-order valence-corrected chi connectivity index (χ4v) is 7.87. The van der Waals surface area contributed by atoms with Crippen LogP contribution in [0.5, 0.6) is 0 Å². The third kappa shape index (κ3) is 8.98. The van der Waals surface area contributed by atoms with E-state index in [4.69, 9.17) is 14.6 Å². The third-order valence-corrected chi connectivity index (χ3v) is 11.0. The summed E-state index contributed by atoms with van der Waals surface area (Å²) in [6.45, 7) is 26.7. The van der Waals surface area contributed by atoms with Gasteiger partial charge in [-0.15, -0.1) is 13.2 Å². The van der Waals surface area contributed by atoms with E-state index in [1.807, 2.05) is 48.3 Å². The molecule has 1 saturated heterocycles. The number of unbranched alkanes of at least 4 members (excludes halogenated alkanes) is 1. The Morgan fingerprint density at radius 1 is 1.00 bits per heavy atom. The molecule has 4 aromatic rings. The lowest BCUT2D eigenvalue weighted by Gasteiger charge is -2.26. The number of aromatic nitrogens is 1. The van der Waals surface area contributed by atoms with Gasteiger partial charge in [-0.05, 0) is 82.2 Å². The normalized spacial score (nSPS) is 14.4. The molecule has 1 fully saturated rings. The Hall–Kier alpha value is -5.06. The topological polar surface area (TPSA) is 96.1 Å². The molecule has 3 aliphatic heterocycles. The number of halogens is 1. The van der Waals surface area contributed by atoms with E-state index in [0.29, 0.717) is 41.2 Å². The van der Waals surface area contributed by atoms with Crippen LogP contribution in [0.4, 0.5) is 10.1 Å². The standard InChI is InChI=1S/C35H37FN4O2.C9H20N2O.C2H4/c1-6-15-39(5)34-28(36)17-25-21(2)27(22(3)37-14-13-23-10-9-16-38(23)4)20-40-29-19-31-26(18-32(29)42-35(34)33(25)40)24-11-7-8-12-30(24)41-31;1-3-5-7-11(4-2)8-6-9(10)12;1-2/h7-8,11-12,17-20,23,37H,2-3,6,9-10,13-16H2,1,4-5H3;3-8H2,1-2H3,(H2,10,12);1-2H2. The zero-order chi connectivity index (χ0) is 40.5. The number of carbonyl (C=O) groups is 1. The molecule has 3 aromatic carbocycles. The maximum atomic E-state index is 16.0. The highest BCUT2D eigenvalue weighted by atomic mass is 19.1. The first-order chi connectivity index (χ1) is 27.1. The van der Waals surface area contributed by atoms with Crippen LogP contribution in [0.1, 0.15) is 71.3 Å². The van der Waals surface area contributed by atoms with Crippen molar-refractivity contribution < 1.29 is 18.0 Å². The van der Waals surface area contributed by atoms with Crippen molar-refractivity contribution in [3.63, 3.8) is 0 Å². The van der Waals surface area contributed by atoms with Crippen LogP contribution in [0.15, 0.2) is 77.2 Å². The Kier molecular flexibility index (Phi) is 14.4. The number of pyridine rings is 1. The molecular formula is C46H61FN6O3. The van der Waals surface area contributed by atoms with Gasteiger partial charge in [0.25, 0.3) is 0 Å². The van der Waals surface area contributed by atoms with Crippen LogP contribution < -0.4 is 21.2 Å². The van der Waals surface area contributed by atoms with Crippen molar-refractivity contribution in [1.29, 1.82) is 0 Å². The van der Waals surface area contributed by atoms with Crippen molar-refractivity contribution in [2.75, 3.05) is 58.3 Å². The highest BCUT2D eigenvalue weighted by Gasteiger charge is 2.26. The molecule has 0 aliphatic carbocycles. The van der Waals surface area contributed by atoms with Crippen LogP contribution in [0.25, 0.3) is 62.0 Å². The SMILES string of the molecule is C=C.C=C(NCCC1CCCN1C)c1cn2c3cc4oc5ccccc5c4cc3oc3c(N(C)CCC)c(F)cc(c3-2)c1=C.CCCCN(CC)CCC(N)=O. The van der Waals surface area contributed by atoms with E-state index >= 15 is 4.39 Å². The number of benzene rings is 3. The molecule has 0 radical (unpaired) electrons. The number of furan rings is 1. The van der Waals surface area contributed by atoms with Gasteiger partial charge in [-0.25, -0.2) is 4.39 Å². The number of para-hydroxylation sites is 1. The zero-order valence-electron chi connectivity index (χ0n) is 34.2. The lowest BCUT2D eigenvalue weighted by molar-refractivity contribution is -0.118. The molecular weight excluding hydrogens is 704 g/mol. The highest BCUT2D eigenvalue weighted by molar-refractivity contribution is 6.10. The van der Waals surface area contributed by atoms with Gasteiger partial charge in [0.15, 0.2) is 17.0 Å². The molecule has 0 saturated carbocycles. The number of likely N-dealkylation sites (tertiary alicyclic amines) is 1. The molecule has 9 nitrogen and oxygen atoms in total. The number of amides is 1. The van der Waals surface area contributed by atoms with Crippen molar-refractivity contribution in [3.8, 4) is 5.69 Å². The first kappa shape index (κ1) is 42.1. The largest absolute Gasteiger partial charge is 0.456 e. The van der Waals surface area contributed by atoms with Gasteiger partial charge in [-0.2, -0.15) is 0 Å². The Bertz CT molecular complexity index is 2300. The van der Waals surface area contributed by atoms with Crippen LogP contribution in [0, 0.1) is 5.82 Å². The van der Waals surface area contributed by atoms with Crippen molar-refractivity contribution in [2.24, 2.45) is 5.73 Å². The lowest BCUT2D eigenvalue weighted by Crippen LogP contribution is -2.29. The van der Waals surface area contributed by atoms with Gasteiger partial charge < -0.3 is 39.2 Å². The van der Waals surface area contributed by atoms with E-state index < -0.39 is 0 Å². The molecule has 56 heavy (non-hydrogen) atoms. The predicted molar refractivity (Wildman–Crippen MR) is 234 cm³/mol. The number of anilines is 1. The molecule has 10 heteroatoms. The second-order valence-electron chi connectivity index (χ2n) is 14.7. The maximum absolute atomic E-state index is 16.0. The summed E-state index contributed by atoms with van der Waals surface area (Å²) in [5.41, 5.74) is 11.5. The highest BCUT2D eigenvalue weighted by Crippen LogP contribution is 2.41. The van der Waals surface area contributed by atoms with Crippen LogP contribution in [-0.4, -0.2) is 79.7 Å². The molecule has 7 rings (SSSR count). The number of nitrogens with zero attached hydrogens (tertiary/aromatic N) is 4. The van der Waals surface area contributed by atoms with E-state index in [1.54, 1.807) is 6.07 Å². The smallest absolute Gasteiger partial charge is 0.218 e. The lowest BCUT2D eigenvalue weighted by atomic mass is 10.0. The molecule has 1 unspecified atom stereocenters. The van der Waals surface area contributed by atoms with Gasteiger partial charge in [0, 0.05) is 78.8 Å². The van der Waals surface area contributed by atoms with Gasteiger partial charge in [0.2, 0.25) is 5.91 Å². The summed E-state index contributed by atoms with van der Waals surface area (Å²) in [6.07, 6.45) is 9.35. The quantitative estimate of drug-likeness (QED) is 0.0612. The Morgan fingerprint density at radius 3 is 2.45 bits per heavy atom. The molecule has 1 amide bonds. The summed E-state index contributed by atoms with van der Waals surface area (Å²) in [5, 5.41) is 6.93. The summed E-state index contributed by atoms with van der Waals surface area (Å²) in [7, 11) is 4.11. The first-order valence-corrected chi connectivity index (χ1v) is 20.1. The van der Waals surface area contributed by atoms with Gasteiger partial charge >= 0.3 is 0 Å². The fraction of sp³-hybridized carbons (Fsp3) is 0.413. The summed E-state index contributed by atoms with van der Waals surface area (Å²) in [6, 6.07) is 14.2. The number of hydrogen-bond acceptors (Lipinski definition) is 7. The number of carbonyl (C=O) groups excluding carboxylic acids is 1. The molecule has 0 spiro atoms. The number of nitrogens with one attached hydrogen (secondary N) is 1. The van der Waals surface area contributed by atoms with Gasteiger partial charge in [-0.3, -0.25) is 4.79 Å². The summed E-state index contributed by atoms with van der Waals surface area (Å²) in [4.78, 5) is 17.1. The predicted octanol–water partition coefficient (Wildman–Crippen LogP) is 9.22. The molecule has 4 heterocycles. The van der Waals surface area contributed by atoms with Crippen molar-refractivity contribution >= 4 is 67.9 Å². The van der Waals surface area contributed by atoms with Crippen LogP contribution in [-0.2, 0) is 4.79 Å². The molecule has 3 N–H and O–H groups in total. The van der Waals surface area contributed by atoms with Crippen LogP contribution in [0.3, 0.4) is 0 Å². The van der Waals surface area contributed by atoms with Crippen molar-refractivity contribution in [2.45, 2.75) is 71.8 Å². The number of primary amides is 1. The zero-order valence-corrected chi connectivity index (χ0v) is 34.2. The van der Waals surface area contributed by atoms with Crippen LogP contribution >= 0.6 is 0 Å². The second-order valence-corrected chi connectivity index (χ2v) is 14.7. The Balaban J connectivity index is 0.000000370. The first-order valence-electron chi connectivity index (χ1n) is 20.1. The third-order valence-electron chi connectivity index (χ3n) is 11.0. The molecule has 1 atom stereocenters. The van der Waals surface area contributed by atoms with E-state index in [9.17, 15) is 4.79 Å². The van der Waals surface area contributed by atoms with E-state index in [2.05, 4.69) is 80.0 Å². The average molecular weight is 765 g/mol. The summed E-state index contributed by atoms with van der Waals surface area (Å²) in [5.74, 6) is -0.534. The minimum absolute atomic E-state index is 0.204. The van der Waals surface area contributed by atoms with Gasteiger partial charge in [0.05, 0.1) is 11.2 Å². The van der Waals surface area contributed by atoms with E-state index in [1.165, 1.54) is 25.7 Å². The van der Waals surface area contributed by atoms with Crippen molar-refractivity contribution in [1.82, 2.24) is 19.7 Å². The fourth-order valence-electron chi connectivity index (χ4n) is 7.87. The Morgan fingerprint density at radius 2 is 1.77 bits per heavy atom. The van der Waals surface area contributed by atoms with Crippen molar-refractivity contribution in [3.05, 3.63) is 85.0 Å². The number of fused-ring (bicyclic) bond motifs is 5. The minimum atomic E-state index is -0.330. The molecule has 3 aliphatic rings. The van der Waals surface area contributed by atoms with Gasteiger partial charge in [-0.1, -0.05) is 58.5 Å².